The summed E-state index contributed by atoms with van der Waals surface area (Å²) in [5, 5.41) is 4.66. The molecule has 2 aliphatic carbocycles. The predicted octanol–water partition coefficient (Wildman–Crippen LogP) is 1.99. The number of carbonyl (C=O) groups is 5. The van der Waals surface area contributed by atoms with Crippen molar-refractivity contribution < 1.29 is 51.0 Å². The van der Waals surface area contributed by atoms with E-state index in [4.69, 9.17) is 14.2 Å². The Morgan fingerprint density at radius 2 is 1.86 bits per heavy atom. The number of carbonyl (C=O) groups excluding carboxylic acids is 5. The molecule has 3 fully saturated rings. The minimum absolute atomic E-state index is 0.0156. The fourth-order valence-corrected chi connectivity index (χ4v) is 8.06. The normalized spacial score (nSPS) is 28.9. The lowest BCUT2D eigenvalue weighted by Gasteiger charge is -2.30. The van der Waals surface area contributed by atoms with Crippen molar-refractivity contribution in [2.45, 2.75) is 107 Å². The zero-order valence-corrected chi connectivity index (χ0v) is 29.6. The smallest absolute Gasteiger partial charge is 0.410 e. The quantitative estimate of drug-likeness (QED) is 0.378. The lowest BCUT2D eigenvalue weighted by Crippen LogP contribution is -2.58. The number of alkyl carbamates (subject to hydrolysis) is 1. The summed E-state index contributed by atoms with van der Waals surface area (Å²) < 4.78 is 58.9. The first kappa shape index (κ1) is 36.5. The second kappa shape index (κ2) is 14.1. The van der Waals surface area contributed by atoms with E-state index in [1.165, 1.54) is 15.9 Å². The molecular weight excluding hydrogens is 689 g/mol. The number of hydrogen-bond acceptors (Lipinski definition) is 10. The fraction of sp³-hybridized carbons (Fsp3) is 0.618. The molecule has 15 nitrogen and oxygen atoms in total. The molecule has 1 aromatic carbocycles. The molecule has 0 radical (unpaired) electrons. The van der Waals surface area contributed by atoms with Crippen molar-refractivity contribution in [1.29, 1.82) is 0 Å². The van der Waals surface area contributed by atoms with Gasteiger partial charge in [0.1, 0.15) is 35.1 Å². The highest BCUT2D eigenvalue weighted by Crippen LogP contribution is 2.46. The summed E-state index contributed by atoms with van der Waals surface area (Å²) in [6.45, 7) is 5.20. The number of benzene rings is 1. The van der Waals surface area contributed by atoms with E-state index in [2.05, 4.69) is 15.4 Å². The molecule has 0 spiro atoms. The van der Waals surface area contributed by atoms with Crippen LogP contribution in [0.25, 0.3) is 0 Å². The van der Waals surface area contributed by atoms with Gasteiger partial charge in [-0.3, -0.25) is 24.0 Å². The van der Waals surface area contributed by atoms with E-state index in [9.17, 15) is 36.8 Å². The van der Waals surface area contributed by atoms with Gasteiger partial charge in [0, 0.05) is 37.5 Å². The molecular formula is C34H44FN5O10S. The Labute approximate surface area is 295 Å². The average molecular weight is 734 g/mol. The molecule has 2 saturated carbocycles. The van der Waals surface area contributed by atoms with Crippen molar-refractivity contribution in [1.82, 2.24) is 25.2 Å². The van der Waals surface area contributed by atoms with E-state index in [1.807, 2.05) is 0 Å². The third-order valence-electron chi connectivity index (χ3n) is 9.60. The van der Waals surface area contributed by atoms with E-state index in [0.717, 1.165) is 0 Å². The van der Waals surface area contributed by atoms with Crippen LogP contribution in [0.5, 0.6) is 0 Å². The lowest BCUT2D eigenvalue weighted by atomic mass is 10.1. The van der Waals surface area contributed by atoms with Gasteiger partial charge in [-0.05, 0) is 58.1 Å². The molecule has 0 aromatic heterocycles. The number of ether oxygens (including phenoxy) is 3. The maximum absolute atomic E-state index is 14.4. The van der Waals surface area contributed by atoms with Crippen molar-refractivity contribution >= 4 is 39.9 Å². The number of nitrogens with zero attached hydrogens (tertiary/aromatic N) is 2. The second-order valence-corrected chi connectivity index (χ2v) is 16.7. The van der Waals surface area contributed by atoms with Gasteiger partial charge in [0.05, 0.1) is 24.9 Å². The third kappa shape index (κ3) is 8.29. The Bertz CT molecular complexity index is 1730. The second-order valence-electron chi connectivity index (χ2n) is 14.7. The van der Waals surface area contributed by atoms with Crippen molar-refractivity contribution in [3.8, 4) is 0 Å². The summed E-state index contributed by atoms with van der Waals surface area (Å²) in [5.41, 5.74) is -1.45. The maximum Gasteiger partial charge on any atom is 0.410 e. The van der Waals surface area contributed by atoms with Crippen LogP contribution in [-0.4, -0.2) is 102 Å². The molecule has 1 aromatic rings. The zero-order valence-electron chi connectivity index (χ0n) is 28.8. The lowest BCUT2D eigenvalue weighted by molar-refractivity contribution is -0.141. The van der Waals surface area contributed by atoms with Crippen LogP contribution in [-0.2, 0) is 51.7 Å². The van der Waals surface area contributed by atoms with Crippen LogP contribution in [0.4, 0.5) is 14.0 Å². The molecule has 5 aliphatic rings. The molecule has 278 valence electrons. The van der Waals surface area contributed by atoms with Crippen LogP contribution >= 0.6 is 0 Å². The van der Waals surface area contributed by atoms with Gasteiger partial charge in [-0.25, -0.2) is 22.4 Å². The third-order valence-corrected chi connectivity index (χ3v) is 11.4. The van der Waals surface area contributed by atoms with E-state index in [1.54, 1.807) is 45.1 Å². The van der Waals surface area contributed by atoms with Gasteiger partial charge >= 0.3 is 12.2 Å². The average Bonchev–Trinajstić information content (AvgIpc) is 3.93. The van der Waals surface area contributed by atoms with Crippen LogP contribution in [0.2, 0.25) is 0 Å². The molecule has 51 heavy (non-hydrogen) atoms. The summed E-state index contributed by atoms with van der Waals surface area (Å²) in [7, 11) is -3.94. The monoisotopic (exact) mass is 733 g/mol. The van der Waals surface area contributed by atoms with Gasteiger partial charge in [-0.2, -0.15) is 0 Å². The highest BCUT2D eigenvalue weighted by molar-refractivity contribution is 7.91. The van der Waals surface area contributed by atoms with Gasteiger partial charge in [0.25, 0.3) is 5.91 Å². The highest BCUT2D eigenvalue weighted by atomic mass is 32.2. The number of halogens is 1. The molecule has 3 heterocycles. The molecule has 5 amide bonds. The molecule has 0 bridgehead atoms. The highest BCUT2D eigenvalue weighted by Gasteiger charge is 2.62. The van der Waals surface area contributed by atoms with E-state index >= 15 is 0 Å². The van der Waals surface area contributed by atoms with Crippen LogP contribution in [0.1, 0.15) is 70.4 Å². The van der Waals surface area contributed by atoms with Crippen molar-refractivity contribution in [2.75, 3.05) is 19.8 Å². The van der Waals surface area contributed by atoms with E-state index < -0.39 is 86.2 Å². The number of sulfonamides is 1. The summed E-state index contributed by atoms with van der Waals surface area (Å²) >= 11 is 0. The number of fused-ring (bicyclic) bond motifs is 3. The Kier molecular flexibility index (Phi) is 10.1. The molecule has 17 heteroatoms. The molecule has 0 unspecified atom stereocenters. The first-order valence-corrected chi connectivity index (χ1v) is 18.8. The van der Waals surface area contributed by atoms with Crippen LogP contribution < -0.4 is 15.4 Å². The van der Waals surface area contributed by atoms with Crippen LogP contribution in [0.3, 0.4) is 0 Å². The Morgan fingerprint density at radius 3 is 2.57 bits per heavy atom. The van der Waals surface area contributed by atoms with Crippen LogP contribution in [0, 0.1) is 11.7 Å². The summed E-state index contributed by atoms with van der Waals surface area (Å²) in [4.78, 5) is 70.5. The Hall–Kier alpha value is -4.25. The van der Waals surface area contributed by atoms with Crippen LogP contribution in [0.15, 0.2) is 30.4 Å². The standard InChI is InChI=1S/C34H44FN5O10S/c1-33(2,3)50-31(44)36-26-12-14-48-13-5-4-8-21-16-34(21,30(43)38-51(46,47)23-10-11-23)37-28(41)27-15-22(18-40(27)29(26)42)49-32(45)39-17-20-7-6-9-25(35)24(20)19-39/h4,6-9,21-23,26-27H,5,10-19H2,1-3H3,(H,36,44)(H,37,41)(H,38,43)/b8-4-/t21-,22-,26+,27+,34-/m1/s1. The Morgan fingerprint density at radius 1 is 1.10 bits per heavy atom. The summed E-state index contributed by atoms with van der Waals surface area (Å²) in [5.74, 6) is -3.27. The van der Waals surface area contributed by atoms with E-state index in [0.29, 0.717) is 30.4 Å². The predicted molar refractivity (Wildman–Crippen MR) is 177 cm³/mol. The van der Waals surface area contributed by atoms with E-state index in [-0.39, 0.29) is 52.1 Å². The zero-order chi connectivity index (χ0) is 36.7. The fourth-order valence-electron chi connectivity index (χ4n) is 6.69. The van der Waals surface area contributed by atoms with Gasteiger partial charge in [-0.1, -0.05) is 24.3 Å². The minimum Gasteiger partial charge on any atom is -0.444 e. The molecule has 6 rings (SSSR count). The van der Waals surface area contributed by atoms with Crippen molar-refractivity contribution in [3.63, 3.8) is 0 Å². The molecule has 5 atom stereocenters. The first-order valence-electron chi connectivity index (χ1n) is 17.2. The minimum atomic E-state index is -3.94. The SMILES string of the molecule is CC(C)(C)OC(=O)N[C@H]1CCOCC/C=C\[C@@H]2C[C@@]2(C(=O)NS(=O)(=O)C2CC2)NC(=O)[C@@H]2C[C@@H](OC(=O)N3Cc4cccc(F)c4C3)CN2C1=O. The first-order chi connectivity index (χ1) is 24.1. The molecule has 3 aliphatic heterocycles. The topological polar surface area (TPSA) is 190 Å². The molecule has 3 N–H and O–H groups in total. The summed E-state index contributed by atoms with van der Waals surface area (Å²) in [6.07, 6.45) is 2.19. The van der Waals surface area contributed by atoms with Gasteiger partial charge < -0.3 is 29.7 Å². The molecule has 1 saturated heterocycles. The van der Waals surface area contributed by atoms with Gasteiger partial charge in [0.15, 0.2) is 0 Å². The number of hydrogen-bond donors (Lipinski definition) is 3. The number of nitrogens with one attached hydrogen (secondary N) is 3. The summed E-state index contributed by atoms with van der Waals surface area (Å²) in [6, 6.07) is 2.10. The van der Waals surface area contributed by atoms with Crippen molar-refractivity contribution in [2.24, 2.45) is 5.92 Å². The van der Waals surface area contributed by atoms with Gasteiger partial charge in [0.2, 0.25) is 21.8 Å². The number of rotatable bonds is 5. The van der Waals surface area contributed by atoms with Gasteiger partial charge in [-0.15, -0.1) is 0 Å². The maximum atomic E-state index is 14.4. The van der Waals surface area contributed by atoms with Crippen molar-refractivity contribution in [3.05, 3.63) is 47.3 Å². The number of amides is 5. The Balaban J connectivity index is 1.25. The largest absolute Gasteiger partial charge is 0.444 e.